The molecule has 0 bridgehead atoms. The Kier molecular flexibility index (Phi) is 5.74. The predicted molar refractivity (Wildman–Crippen MR) is 99.1 cm³/mol. The van der Waals surface area contributed by atoms with Crippen molar-refractivity contribution < 1.29 is 9.32 Å². The third kappa shape index (κ3) is 4.41. The Morgan fingerprint density at radius 3 is 2.52 bits per heavy atom. The number of hydrogen-bond acceptors (Lipinski definition) is 4. The Hall–Kier alpha value is -2.30. The lowest BCUT2D eigenvalue weighted by Crippen LogP contribution is -2.29. The van der Waals surface area contributed by atoms with Gasteiger partial charge in [0.1, 0.15) is 5.76 Å². The molecule has 0 spiro atoms. The minimum absolute atomic E-state index is 0.0102. The van der Waals surface area contributed by atoms with Crippen LogP contribution in [0, 0.1) is 13.8 Å². The van der Waals surface area contributed by atoms with E-state index < -0.39 is 0 Å². The minimum atomic E-state index is -0.0102. The van der Waals surface area contributed by atoms with Crippen LogP contribution in [0.1, 0.15) is 53.1 Å². The number of carbonyl (C=O) groups excluding carboxylic acids is 1. The number of hydrogen-bond donors (Lipinski definition) is 1. The number of amides is 1. The van der Waals surface area contributed by atoms with Gasteiger partial charge in [0.05, 0.1) is 5.69 Å². The Morgan fingerprint density at radius 2 is 1.88 bits per heavy atom. The first-order valence-corrected chi connectivity index (χ1v) is 9.20. The molecule has 0 unspecified atom stereocenters. The molecule has 5 nitrogen and oxygen atoms in total. The average molecular weight is 341 g/mol. The van der Waals surface area contributed by atoms with Crippen LogP contribution < -0.4 is 10.2 Å². The van der Waals surface area contributed by atoms with E-state index in [-0.39, 0.29) is 5.91 Å². The zero-order valence-electron chi connectivity index (χ0n) is 15.2. The van der Waals surface area contributed by atoms with Crippen LogP contribution in [0.25, 0.3) is 0 Å². The molecular weight excluding hydrogens is 314 g/mol. The van der Waals surface area contributed by atoms with Gasteiger partial charge >= 0.3 is 0 Å². The van der Waals surface area contributed by atoms with Crippen molar-refractivity contribution in [3.8, 4) is 0 Å². The highest BCUT2D eigenvalue weighted by molar-refractivity contribution is 5.94. The number of nitrogens with zero attached hydrogens (tertiary/aromatic N) is 2. The number of benzene rings is 1. The fourth-order valence-electron chi connectivity index (χ4n) is 3.40. The summed E-state index contributed by atoms with van der Waals surface area (Å²) in [7, 11) is 0. The van der Waals surface area contributed by atoms with Gasteiger partial charge in [-0.2, -0.15) is 0 Å². The van der Waals surface area contributed by atoms with E-state index >= 15 is 0 Å². The summed E-state index contributed by atoms with van der Waals surface area (Å²) in [5.74, 6) is 0.862. The minimum Gasteiger partial charge on any atom is -0.372 e. The lowest BCUT2D eigenvalue weighted by Gasteiger charge is -2.28. The second-order valence-corrected chi connectivity index (χ2v) is 6.76. The van der Waals surface area contributed by atoms with Gasteiger partial charge in [0.2, 0.25) is 0 Å². The molecule has 0 radical (unpaired) electrons. The predicted octanol–water partition coefficient (Wildman–Crippen LogP) is 3.64. The first-order valence-electron chi connectivity index (χ1n) is 9.20. The molecule has 1 amide bonds. The maximum atomic E-state index is 12.3. The Morgan fingerprint density at radius 1 is 1.16 bits per heavy atom. The van der Waals surface area contributed by atoms with Crippen molar-refractivity contribution in [1.29, 1.82) is 0 Å². The molecule has 0 atom stereocenters. The summed E-state index contributed by atoms with van der Waals surface area (Å²) in [5.41, 5.74) is 4.03. The Balaban J connectivity index is 1.46. The number of rotatable bonds is 6. The Bertz CT molecular complexity index is 681. The van der Waals surface area contributed by atoms with E-state index in [0.717, 1.165) is 48.5 Å². The van der Waals surface area contributed by atoms with Gasteiger partial charge in [-0.1, -0.05) is 5.16 Å². The summed E-state index contributed by atoms with van der Waals surface area (Å²) < 4.78 is 5.16. The van der Waals surface area contributed by atoms with Crippen molar-refractivity contribution in [2.45, 2.75) is 46.0 Å². The molecule has 2 heterocycles. The van der Waals surface area contributed by atoms with Crippen molar-refractivity contribution in [3.63, 3.8) is 0 Å². The number of carbonyl (C=O) groups is 1. The molecule has 1 aliphatic heterocycles. The molecule has 134 valence electrons. The van der Waals surface area contributed by atoms with Gasteiger partial charge < -0.3 is 14.7 Å². The molecule has 1 N–H and O–H groups in total. The highest BCUT2D eigenvalue weighted by Gasteiger charge is 2.12. The Labute approximate surface area is 149 Å². The zero-order valence-corrected chi connectivity index (χ0v) is 15.2. The molecule has 0 aliphatic carbocycles. The third-order valence-corrected chi connectivity index (χ3v) is 4.92. The fraction of sp³-hybridized carbons (Fsp3) is 0.500. The van der Waals surface area contributed by atoms with Gasteiger partial charge in [-0.3, -0.25) is 4.79 Å². The summed E-state index contributed by atoms with van der Waals surface area (Å²) in [4.78, 5) is 14.7. The summed E-state index contributed by atoms with van der Waals surface area (Å²) in [6.45, 7) is 6.77. The van der Waals surface area contributed by atoms with Crippen LogP contribution in [0.15, 0.2) is 28.8 Å². The largest absolute Gasteiger partial charge is 0.372 e. The van der Waals surface area contributed by atoms with E-state index in [2.05, 4.69) is 27.5 Å². The van der Waals surface area contributed by atoms with Crippen LogP contribution >= 0.6 is 0 Å². The van der Waals surface area contributed by atoms with Gasteiger partial charge in [0, 0.05) is 36.4 Å². The fourth-order valence-corrected chi connectivity index (χ4v) is 3.40. The van der Waals surface area contributed by atoms with Crippen LogP contribution in [0.3, 0.4) is 0 Å². The second kappa shape index (κ2) is 8.19. The van der Waals surface area contributed by atoms with E-state index in [0.29, 0.717) is 6.54 Å². The van der Waals surface area contributed by atoms with Crippen molar-refractivity contribution in [2.75, 3.05) is 24.5 Å². The molecule has 0 saturated carbocycles. The zero-order chi connectivity index (χ0) is 17.6. The summed E-state index contributed by atoms with van der Waals surface area (Å²) in [6.07, 6.45) is 5.58. The number of aromatic nitrogens is 1. The molecule has 2 aromatic rings. The van der Waals surface area contributed by atoms with Gasteiger partial charge in [0.25, 0.3) is 5.91 Å². The molecule has 5 heteroatoms. The standard InChI is InChI=1S/C20H27N3O2/c1-15-19(16(2)25-22-15)7-6-12-21-20(24)17-8-10-18(11-9-17)23-13-4-3-5-14-23/h8-11H,3-7,12-14H2,1-2H3,(H,21,24). The smallest absolute Gasteiger partial charge is 0.251 e. The van der Waals surface area contributed by atoms with Crippen LogP contribution in [0.5, 0.6) is 0 Å². The lowest BCUT2D eigenvalue weighted by molar-refractivity contribution is 0.0953. The maximum Gasteiger partial charge on any atom is 0.251 e. The van der Waals surface area contributed by atoms with Gasteiger partial charge in [-0.25, -0.2) is 0 Å². The lowest BCUT2D eigenvalue weighted by atomic mass is 10.1. The van der Waals surface area contributed by atoms with Crippen molar-refractivity contribution in [2.24, 2.45) is 0 Å². The van der Waals surface area contributed by atoms with Crippen LogP contribution in [0.4, 0.5) is 5.69 Å². The van der Waals surface area contributed by atoms with Crippen molar-refractivity contribution in [3.05, 3.63) is 46.8 Å². The summed E-state index contributed by atoms with van der Waals surface area (Å²) in [5, 5.41) is 6.95. The normalized spacial score (nSPS) is 14.6. The summed E-state index contributed by atoms with van der Waals surface area (Å²) >= 11 is 0. The van der Waals surface area contributed by atoms with E-state index in [1.165, 1.54) is 24.9 Å². The summed E-state index contributed by atoms with van der Waals surface area (Å²) in [6, 6.07) is 7.97. The van der Waals surface area contributed by atoms with E-state index in [4.69, 9.17) is 4.52 Å². The number of nitrogens with one attached hydrogen (secondary N) is 1. The van der Waals surface area contributed by atoms with E-state index in [1.807, 2.05) is 26.0 Å². The maximum absolute atomic E-state index is 12.3. The topological polar surface area (TPSA) is 58.4 Å². The van der Waals surface area contributed by atoms with Crippen molar-refractivity contribution >= 4 is 11.6 Å². The van der Waals surface area contributed by atoms with Crippen LogP contribution in [0.2, 0.25) is 0 Å². The third-order valence-electron chi connectivity index (χ3n) is 4.92. The molecule has 1 aliphatic rings. The average Bonchev–Trinajstić information content (AvgIpc) is 2.97. The molecule has 3 rings (SSSR count). The first kappa shape index (κ1) is 17.5. The second-order valence-electron chi connectivity index (χ2n) is 6.76. The highest BCUT2D eigenvalue weighted by Crippen LogP contribution is 2.20. The van der Waals surface area contributed by atoms with Gasteiger partial charge in [-0.15, -0.1) is 0 Å². The van der Waals surface area contributed by atoms with E-state index in [9.17, 15) is 4.79 Å². The number of piperidine rings is 1. The van der Waals surface area contributed by atoms with Crippen LogP contribution in [-0.4, -0.2) is 30.7 Å². The molecule has 1 saturated heterocycles. The number of aryl methyl sites for hydroxylation is 2. The molecule has 1 fully saturated rings. The first-order chi connectivity index (χ1) is 12.1. The molecule has 25 heavy (non-hydrogen) atoms. The number of anilines is 1. The monoisotopic (exact) mass is 341 g/mol. The molecule has 1 aromatic heterocycles. The highest BCUT2D eigenvalue weighted by atomic mass is 16.5. The van der Waals surface area contributed by atoms with Gasteiger partial charge in [0.15, 0.2) is 0 Å². The van der Waals surface area contributed by atoms with E-state index in [1.54, 1.807) is 0 Å². The SMILES string of the molecule is Cc1noc(C)c1CCCNC(=O)c1ccc(N2CCCCC2)cc1. The van der Waals surface area contributed by atoms with Crippen LogP contribution in [-0.2, 0) is 6.42 Å². The molecular formula is C20H27N3O2. The van der Waals surface area contributed by atoms with Gasteiger partial charge in [-0.05, 0) is 70.2 Å². The quantitative estimate of drug-likeness (QED) is 0.815. The van der Waals surface area contributed by atoms with Crippen molar-refractivity contribution in [1.82, 2.24) is 10.5 Å². The molecule has 1 aromatic carbocycles.